The molecule has 1 unspecified atom stereocenters. The van der Waals surface area contributed by atoms with Gasteiger partial charge in [-0.3, -0.25) is 13.9 Å². The Morgan fingerprint density at radius 2 is 1.64 bits per heavy atom. The van der Waals surface area contributed by atoms with Crippen LogP contribution in [0, 0.1) is 0 Å². The summed E-state index contributed by atoms with van der Waals surface area (Å²) < 4.78 is 4.47. The molecule has 0 bridgehead atoms. The summed E-state index contributed by atoms with van der Waals surface area (Å²) in [5.41, 5.74) is 6.14. The molecule has 2 aromatic heterocycles. The highest BCUT2D eigenvalue weighted by Gasteiger charge is 2.14. The van der Waals surface area contributed by atoms with Crippen molar-refractivity contribution < 1.29 is 0 Å². The van der Waals surface area contributed by atoms with E-state index in [2.05, 4.69) is 11.9 Å². The van der Waals surface area contributed by atoms with E-state index < -0.39 is 0 Å². The van der Waals surface area contributed by atoms with Crippen molar-refractivity contribution in [3.63, 3.8) is 0 Å². The fourth-order valence-electron chi connectivity index (χ4n) is 3.21. The number of hydrogen-bond donors (Lipinski definition) is 1. The van der Waals surface area contributed by atoms with Crippen molar-refractivity contribution in [3.8, 4) is 0 Å². The van der Waals surface area contributed by atoms with E-state index in [0.29, 0.717) is 23.8 Å². The van der Waals surface area contributed by atoms with Gasteiger partial charge in [-0.1, -0.05) is 38.5 Å². The first-order chi connectivity index (χ1) is 11.9. The third-order valence-corrected chi connectivity index (χ3v) is 4.74. The zero-order valence-electron chi connectivity index (χ0n) is 15.7. The topological polar surface area (TPSA) is 87.8 Å². The van der Waals surface area contributed by atoms with Crippen molar-refractivity contribution in [2.75, 3.05) is 0 Å². The first-order valence-corrected chi connectivity index (χ1v) is 9.30. The smallest absolute Gasteiger partial charge is 0.328 e. The van der Waals surface area contributed by atoms with Crippen molar-refractivity contribution in [1.82, 2.24) is 18.7 Å². The number of aryl methyl sites for hydroxylation is 2. The molecule has 0 spiro atoms. The molecule has 1 atom stereocenters. The minimum Gasteiger partial charge on any atom is -0.328 e. The molecule has 0 saturated carbocycles. The number of hydrogen-bond acceptors (Lipinski definition) is 4. The molecule has 140 valence electrons. The predicted octanol–water partition coefficient (Wildman–Crippen LogP) is 1.90. The Balaban J connectivity index is 1.83. The van der Waals surface area contributed by atoms with Gasteiger partial charge in [0.25, 0.3) is 5.56 Å². The quantitative estimate of drug-likeness (QED) is 0.664. The lowest BCUT2D eigenvalue weighted by atomic mass is 10.1. The molecule has 0 amide bonds. The van der Waals surface area contributed by atoms with Gasteiger partial charge in [0.15, 0.2) is 11.2 Å². The minimum absolute atomic E-state index is 0.242. The maximum atomic E-state index is 12.6. The van der Waals surface area contributed by atoms with Crippen molar-refractivity contribution in [2.45, 2.75) is 70.9 Å². The van der Waals surface area contributed by atoms with E-state index in [9.17, 15) is 9.59 Å². The van der Waals surface area contributed by atoms with E-state index in [1.165, 1.54) is 34.8 Å². The monoisotopic (exact) mass is 349 g/mol. The lowest BCUT2D eigenvalue weighted by Crippen LogP contribution is -2.39. The Hall–Kier alpha value is -1.89. The van der Waals surface area contributed by atoms with Crippen molar-refractivity contribution in [3.05, 3.63) is 27.2 Å². The van der Waals surface area contributed by atoms with Crippen LogP contribution in [0.3, 0.4) is 0 Å². The summed E-state index contributed by atoms with van der Waals surface area (Å²) in [5.74, 6) is 0. The number of nitrogens with zero attached hydrogens (tertiary/aromatic N) is 4. The summed E-state index contributed by atoms with van der Waals surface area (Å²) in [7, 11) is 3.44. The molecule has 7 nitrogen and oxygen atoms in total. The number of fused-ring (bicyclic) bond motifs is 1. The highest BCUT2D eigenvalue weighted by Crippen LogP contribution is 2.10. The van der Waals surface area contributed by atoms with Crippen LogP contribution in [0.5, 0.6) is 0 Å². The van der Waals surface area contributed by atoms with Gasteiger partial charge in [-0.15, -0.1) is 0 Å². The molecule has 2 rings (SSSR count). The van der Waals surface area contributed by atoms with Crippen LogP contribution in [0.25, 0.3) is 11.2 Å². The lowest BCUT2D eigenvalue weighted by molar-refractivity contribution is 0.511. The molecule has 0 aliphatic rings. The predicted molar refractivity (Wildman–Crippen MR) is 101 cm³/mol. The number of nitrogens with two attached hydrogens (primary N) is 1. The van der Waals surface area contributed by atoms with Gasteiger partial charge < -0.3 is 10.3 Å². The van der Waals surface area contributed by atoms with Gasteiger partial charge in [0.1, 0.15) is 0 Å². The molecule has 0 saturated heterocycles. The van der Waals surface area contributed by atoms with Gasteiger partial charge >= 0.3 is 5.69 Å². The third kappa shape index (κ3) is 4.81. The van der Waals surface area contributed by atoms with Gasteiger partial charge in [0.05, 0.1) is 6.33 Å². The molecule has 0 radical (unpaired) electrons. The molecule has 25 heavy (non-hydrogen) atoms. The molecule has 0 aliphatic heterocycles. The van der Waals surface area contributed by atoms with Gasteiger partial charge in [0, 0.05) is 26.7 Å². The van der Waals surface area contributed by atoms with Crippen molar-refractivity contribution in [2.24, 2.45) is 19.8 Å². The second-order valence-electron chi connectivity index (χ2n) is 7.07. The van der Waals surface area contributed by atoms with Gasteiger partial charge in [-0.05, 0) is 19.8 Å². The molecule has 2 heterocycles. The third-order valence-electron chi connectivity index (χ3n) is 4.74. The van der Waals surface area contributed by atoms with Crippen LogP contribution in [0.2, 0.25) is 0 Å². The summed E-state index contributed by atoms with van der Waals surface area (Å²) >= 11 is 0. The van der Waals surface area contributed by atoms with Crippen LogP contribution in [0.1, 0.15) is 58.3 Å². The number of unbranched alkanes of at least 4 members (excludes halogenated alkanes) is 6. The summed E-state index contributed by atoms with van der Waals surface area (Å²) in [4.78, 5) is 29.1. The van der Waals surface area contributed by atoms with Crippen molar-refractivity contribution in [1.29, 1.82) is 0 Å². The van der Waals surface area contributed by atoms with Crippen LogP contribution in [-0.4, -0.2) is 24.7 Å². The van der Waals surface area contributed by atoms with Crippen LogP contribution < -0.4 is 17.0 Å². The Bertz CT molecular complexity index is 800. The van der Waals surface area contributed by atoms with Gasteiger partial charge in [-0.2, -0.15) is 0 Å². The van der Waals surface area contributed by atoms with E-state index in [-0.39, 0.29) is 11.2 Å². The van der Waals surface area contributed by atoms with Crippen LogP contribution in [0.4, 0.5) is 0 Å². The number of rotatable bonds is 10. The SMILES string of the molecule is CC(N)CCCCCCCCCn1c(=O)c2c(ncn2C)n(C)c1=O. The standard InChI is InChI=1S/C18H31N5O2/c1-14(19)11-9-7-5-4-6-8-10-12-23-17(24)15-16(20-13-21(15)2)22(3)18(23)25/h13-14H,4-12,19H2,1-3H3. The average molecular weight is 349 g/mol. The largest absolute Gasteiger partial charge is 0.332 e. The van der Waals surface area contributed by atoms with Crippen LogP contribution in [0.15, 0.2) is 15.9 Å². The first-order valence-electron chi connectivity index (χ1n) is 9.30. The molecule has 0 aliphatic carbocycles. The normalized spacial score (nSPS) is 12.8. The Labute approximate surface area is 148 Å². The molecular formula is C18H31N5O2. The zero-order chi connectivity index (χ0) is 18.4. The van der Waals surface area contributed by atoms with E-state index in [1.807, 2.05) is 0 Å². The van der Waals surface area contributed by atoms with Crippen molar-refractivity contribution >= 4 is 11.2 Å². The molecule has 0 aromatic carbocycles. The number of aromatic nitrogens is 4. The summed E-state index contributed by atoms with van der Waals surface area (Å²) in [6, 6.07) is 0.303. The highest BCUT2D eigenvalue weighted by atomic mass is 16.2. The minimum atomic E-state index is -0.285. The molecule has 2 N–H and O–H groups in total. The maximum absolute atomic E-state index is 12.6. The maximum Gasteiger partial charge on any atom is 0.332 e. The summed E-state index contributed by atoms with van der Waals surface area (Å²) in [6.07, 6.45) is 10.6. The van der Waals surface area contributed by atoms with E-state index in [1.54, 1.807) is 25.0 Å². The van der Waals surface area contributed by atoms with E-state index in [0.717, 1.165) is 25.7 Å². The molecular weight excluding hydrogens is 318 g/mol. The van der Waals surface area contributed by atoms with Gasteiger partial charge in [0.2, 0.25) is 0 Å². The average Bonchev–Trinajstić information content (AvgIpc) is 2.95. The molecule has 7 heteroatoms. The first kappa shape index (κ1) is 19.4. The fraction of sp³-hybridized carbons (Fsp3) is 0.722. The highest BCUT2D eigenvalue weighted by molar-refractivity contribution is 5.69. The van der Waals surface area contributed by atoms with Crippen LogP contribution in [-0.2, 0) is 20.6 Å². The lowest BCUT2D eigenvalue weighted by Gasteiger charge is -2.08. The Morgan fingerprint density at radius 1 is 1.04 bits per heavy atom. The Kier molecular flexibility index (Phi) is 6.99. The summed E-state index contributed by atoms with van der Waals surface area (Å²) in [5, 5.41) is 0. The van der Waals surface area contributed by atoms with Gasteiger partial charge in [-0.25, -0.2) is 9.78 Å². The second-order valence-corrected chi connectivity index (χ2v) is 7.07. The summed E-state index contributed by atoms with van der Waals surface area (Å²) in [6.45, 7) is 2.52. The molecule has 2 aromatic rings. The fourth-order valence-corrected chi connectivity index (χ4v) is 3.21. The number of imidazole rings is 1. The molecule has 0 fully saturated rings. The zero-order valence-corrected chi connectivity index (χ0v) is 15.7. The van der Waals surface area contributed by atoms with E-state index >= 15 is 0 Å². The second kappa shape index (κ2) is 8.99. The van der Waals surface area contributed by atoms with E-state index in [4.69, 9.17) is 5.73 Å². The van der Waals surface area contributed by atoms with Crippen LogP contribution >= 0.6 is 0 Å². The Morgan fingerprint density at radius 3 is 2.28 bits per heavy atom.